The summed E-state index contributed by atoms with van der Waals surface area (Å²) in [6.45, 7) is 5.69. The fourth-order valence-electron chi connectivity index (χ4n) is 3.97. The summed E-state index contributed by atoms with van der Waals surface area (Å²) < 4.78 is 0. The second-order valence-corrected chi connectivity index (χ2v) is 6.38. The monoisotopic (exact) mass is 238 g/mol. The van der Waals surface area contributed by atoms with Crippen molar-refractivity contribution in [3.05, 3.63) is 0 Å². The van der Waals surface area contributed by atoms with Gasteiger partial charge in [-0.2, -0.15) is 0 Å². The van der Waals surface area contributed by atoms with Crippen LogP contribution in [0, 0.1) is 5.92 Å². The van der Waals surface area contributed by atoms with Crippen LogP contribution in [0.2, 0.25) is 0 Å². The largest absolute Gasteiger partial charge is 0.329 e. The first-order valence-corrected chi connectivity index (χ1v) is 7.70. The van der Waals surface area contributed by atoms with Crippen LogP contribution < -0.4 is 5.73 Å². The SMILES string of the molecule is CC1CCCC(N2C(C)CCCC2CN)CC1. The standard InChI is InChI=1S/C15H30N2/c1-12-5-3-7-14(10-9-12)17-13(2)6-4-8-15(17)11-16/h12-15H,3-11,16H2,1-2H3. The van der Waals surface area contributed by atoms with Crippen LogP contribution in [0.15, 0.2) is 0 Å². The van der Waals surface area contributed by atoms with Crippen molar-refractivity contribution in [1.82, 2.24) is 4.90 Å². The molecule has 0 spiro atoms. The van der Waals surface area contributed by atoms with Crippen molar-refractivity contribution >= 4 is 0 Å². The van der Waals surface area contributed by atoms with Gasteiger partial charge in [-0.25, -0.2) is 0 Å². The van der Waals surface area contributed by atoms with Crippen molar-refractivity contribution in [2.24, 2.45) is 11.7 Å². The van der Waals surface area contributed by atoms with Gasteiger partial charge in [0.15, 0.2) is 0 Å². The molecule has 0 aromatic carbocycles. The summed E-state index contributed by atoms with van der Waals surface area (Å²) in [5, 5.41) is 0. The van der Waals surface area contributed by atoms with Gasteiger partial charge in [0.2, 0.25) is 0 Å². The molecular weight excluding hydrogens is 208 g/mol. The lowest BCUT2D eigenvalue weighted by molar-refractivity contribution is 0.0425. The molecule has 0 aromatic heterocycles. The summed E-state index contributed by atoms with van der Waals surface area (Å²) in [6.07, 6.45) is 11.2. The smallest absolute Gasteiger partial charge is 0.0224 e. The van der Waals surface area contributed by atoms with Crippen molar-refractivity contribution in [1.29, 1.82) is 0 Å². The molecule has 0 radical (unpaired) electrons. The van der Waals surface area contributed by atoms with Crippen molar-refractivity contribution in [3.8, 4) is 0 Å². The molecule has 0 amide bonds. The van der Waals surface area contributed by atoms with Gasteiger partial charge in [0.05, 0.1) is 0 Å². The molecular formula is C15H30N2. The zero-order chi connectivity index (χ0) is 12.3. The Kier molecular flexibility index (Phi) is 4.87. The second kappa shape index (κ2) is 6.19. The fraction of sp³-hybridized carbons (Fsp3) is 1.00. The highest BCUT2D eigenvalue weighted by Crippen LogP contribution is 2.32. The van der Waals surface area contributed by atoms with Gasteiger partial charge in [-0.05, 0) is 44.9 Å². The Labute approximate surface area is 107 Å². The molecule has 2 aliphatic rings. The number of nitrogens with zero attached hydrogens (tertiary/aromatic N) is 1. The molecule has 1 heterocycles. The molecule has 2 heteroatoms. The Balaban J connectivity index is 2.01. The van der Waals surface area contributed by atoms with Gasteiger partial charge in [0, 0.05) is 24.7 Å². The average Bonchev–Trinajstić information content (AvgIpc) is 2.54. The number of hydrogen-bond donors (Lipinski definition) is 1. The summed E-state index contributed by atoms with van der Waals surface area (Å²) in [6, 6.07) is 2.25. The van der Waals surface area contributed by atoms with Gasteiger partial charge in [-0.15, -0.1) is 0 Å². The lowest BCUT2D eigenvalue weighted by Crippen LogP contribution is -2.53. The van der Waals surface area contributed by atoms with E-state index in [-0.39, 0.29) is 0 Å². The first-order valence-electron chi connectivity index (χ1n) is 7.70. The number of nitrogens with two attached hydrogens (primary N) is 1. The predicted octanol–water partition coefficient (Wildman–Crippen LogP) is 3.16. The minimum Gasteiger partial charge on any atom is -0.329 e. The third-order valence-electron chi connectivity index (χ3n) is 5.01. The summed E-state index contributed by atoms with van der Waals surface area (Å²) in [5.74, 6) is 0.941. The van der Waals surface area contributed by atoms with Crippen LogP contribution >= 0.6 is 0 Å². The van der Waals surface area contributed by atoms with E-state index in [2.05, 4.69) is 18.7 Å². The fourth-order valence-corrected chi connectivity index (χ4v) is 3.97. The molecule has 2 fully saturated rings. The van der Waals surface area contributed by atoms with E-state index < -0.39 is 0 Å². The molecule has 2 N–H and O–H groups in total. The van der Waals surface area contributed by atoms with Crippen LogP contribution in [0.4, 0.5) is 0 Å². The molecule has 2 rings (SSSR count). The van der Waals surface area contributed by atoms with Crippen molar-refractivity contribution in [2.75, 3.05) is 6.54 Å². The second-order valence-electron chi connectivity index (χ2n) is 6.38. The van der Waals surface area contributed by atoms with Gasteiger partial charge in [0.1, 0.15) is 0 Å². The molecule has 100 valence electrons. The lowest BCUT2D eigenvalue weighted by atomic mass is 9.92. The summed E-state index contributed by atoms with van der Waals surface area (Å²) in [4.78, 5) is 2.79. The van der Waals surface area contributed by atoms with E-state index in [9.17, 15) is 0 Å². The zero-order valence-corrected chi connectivity index (χ0v) is 11.7. The van der Waals surface area contributed by atoms with Gasteiger partial charge >= 0.3 is 0 Å². The minimum absolute atomic E-state index is 0.664. The first-order chi connectivity index (χ1) is 8.22. The lowest BCUT2D eigenvalue weighted by Gasteiger charge is -2.45. The number of piperidine rings is 1. The molecule has 17 heavy (non-hydrogen) atoms. The van der Waals surface area contributed by atoms with Gasteiger partial charge < -0.3 is 5.73 Å². The molecule has 1 saturated heterocycles. The summed E-state index contributed by atoms with van der Waals surface area (Å²) >= 11 is 0. The Morgan fingerprint density at radius 3 is 2.47 bits per heavy atom. The van der Waals surface area contributed by atoms with Crippen molar-refractivity contribution < 1.29 is 0 Å². The highest BCUT2D eigenvalue weighted by molar-refractivity contribution is 4.89. The topological polar surface area (TPSA) is 29.3 Å². The molecule has 4 atom stereocenters. The third-order valence-corrected chi connectivity index (χ3v) is 5.01. The highest BCUT2D eigenvalue weighted by Gasteiger charge is 2.33. The Hall–Kier alpha value is -0.0800. The van der Waals surface area contributed by atoms with Crippen LogP contribution in [-0.4, -0.2) is 29.6 Å². The van der Waals surface area contributed by atoms with E-state index in [1.165, 1.54) is 51.4 Å². The van der Waals surface area contributed by atoms with Gasteiger partial charge in [-0.1, -0.05) is 26.2 Å². The van der Waals surface area contributed by atoms with E-state index in [4.69, 9.17) is 5.73 Å². The highest BCUT2D eigenvalue weighted by atomic mass is 15.2. The molecule has 1 saturated carbocycles. The summed E-state index contributed by atoms with van der Waals surface area (Å²) in [5.41, 5.74) is 5.99. The zero-order valence-electron chi connectivity index (χ0n) is 11.7. The van der Waals surface area contributed by atoms with Crippen LogP contribution in [0.5, 0.6) is 0 Å². The van der Waals surface area contributed by atoms with E-state index in [0.29, 0.717) is 6.04 Å². The maximum absolute atomic E-state index is 5.99. The Morgan fingerprint density at radius 2 is 1.71 bits per heavy atom. The van der Waals surface area contributed by atoms with Crippen LogP contribution in [0.3, 0.4) is 0 Å². The normalized spacial score (nSPS) is 41.1. The maximum atomic E-state index is 5.99. The quantitative estimate of drug-likeness (QED) is 0.749. The van der Waals surface area contributed by atoms with Crippen LogP contribution in [-0.2, 0) is 0 Å². The van der Waals surface area contributed by atoms with Crippen LogP contribution in [0.25, 0.3) is 0 Å². The van der Waals surface area contributed by atoms with E-state index >= 15 is 0 Å². The van der Waals surface area contributed by atoms with Crippen LogP contribution in [0.1, 0.15) is 65.2 Å². The average molecular weight is 238 g/mol. The van der Waals surface area contributed by atoms with Gasteiger partial charge in [-0.3, -0.25) is 4.90 Å². The molecule has 2 nitrogen and oxygen atoms in total. The van der Waals surface area contributed by atoms with E-state index in [1.54, 1.807) is 0 Å². The predicted molar refractivity (Wildman–Crippen MR) is 74.0 cm³/mol. The first kappa shape index (κ1) is 13.4. The minimum atomic E-state index is 0.664. The number of rotatable bonds is 2. The summed E-state index contributed by atoms with van der Waals surface area (Å²) in [7, 11) is 0. The van der Waals surface area contributed by atoms with Gasteiger partial charge in [0.25, 0.3) is 0 Å². The van der Waals surface area contributed by atoms with Crippen molar-refractivity contribution in [3.63, 3.8) is 0 Å². The third kappa shape index (κ3) is 3.23. The molecule has 4 unspecified atom stereocenters. The molecule has 0 bridgehead atoms. The van der Waals surface area contributed by atoms with Crippen molar-refractivity contribution in [2.45, 2.75) is 83.3 Å². The molecule has 1 aliphatic carbocycles. The maximum Gasteiger partial charge on any atom is 0.0224 e. The Morgan fingerprint density at radius 1 is 0.941 bits per heavy atom. The number of likely N-dealkylation sites (tertiary alicyclic amines) is 1. The molecule has 1 aliphatic heterocycles. The Bertz CT molecular complexity index is 229. The van der Waals surface area contributed by atoms with E-state index in [0.717, 1.165) is 24.5 Å². The number of hydrogen-bond acceptors (Lipinski definition) is 2. The van der Waals surface area contributed by atoms with E-state index in [1.807, 2.05) is 0 Å². The molecule has 0 aromatic rings.